The highest BCUT2D eigenvalue weighted by Crippen LogP contribution is 2.22. The highest BCUT2D eigenvalue weighted by Gasteiger charge is 2.04. The van der Waals surface area contributed by atoms with E-state index in [1.54, 1.807) is 11.3 Å². The van der Waals surface area contributed by atoms with Gasteiger partial charge in [0.15, 0.2) is 0 Å². The number of hydrogen-bond acceptors (Lipinski definition) is 3. The van der Waals surface area contributed by atoms with Gasteiger partial charge in [0.1, 0.15) is 4.60 Å². The molecule has 0 fully saturated rings. The first-order valence-electron chi connectivity index (χ1n) is 3.12. The Morgan fingerprint density at radius 2 is 2.40 bits per heavy atom. The van der Waals surface area contributed by atoms with Crippen LogP contribution in [0.25, 0.3) is 0 Å². The summed E-state index contributed by atoms with van der Waals surface area (Å²) in [6.07, 6.45) is 0.989. The van der Waals surface area contributed by atoms with Crippen molar-refractivity contribution in [3.05, 3.63) is 14.5 Å². The molecule has 1 aromatic heterocycles. The highest BCUT2D eigenvalue weighted by atomic mass is 79.9. The molecule has 4 heteroatoms. The molecule has 2 nitrogen and oxygen atoms in total. The van der Waals surface area contributed by atoms with Gasteiger partial charge in [-0.25, -0.2) is 4.98 Å². The summed E-state index contributed by atoms with van der Waals surface area (Å²) in [5, 5.41) is 1.15. The molecule has 0 unspecified atom stereocenters. The molecule has 0 amide bonds. The normalized spacial score (nSPS) is 10.3. The minimum absolute atomic E-state index is 0.582. The lowest BCUT2D eigenvalue weighted by molar-refractivity contribution is 1.05. The second-order valence-electron chi connectivity index (χ2n) is 1.88. The molecule has 0 saturated carbocycles. The summed E-state index contributed by atoms with van der Waals surface area (Å²) < 4.78 is 0.914. The van der Waals surface area contributed by atoms with E-state index in [0.29, 0.717) is 6.54 Å². The van der Waals surface area contributed by atoms with Crippen LogP contribution in [0.4, 0.5) is 0 Å². The van der Waals surface area contributed by atoms with Gasteiger partial charge in [0.2, 0.25) is 0 Å². The van der Waals surface area contributed by atoms with Crippen molar-refractivity contribution in [1.29, 1.82) is 0 Å². The standard InChI is InChI=1S/C6H9BrN2S/c1-2-5-9-6(7)4(3-8)10-5/h2-3,8H2,1H3. The molecule has 0 aliphatic carbocycles. The molecule has 0 atom stereocenters. The summed E-state index contributed by atoms with van der Waals surface area (Å²) >= 11 is 5.01. The van der Waals surface area contributed by atoms with E-state index in [1.807, 2.05) is 0 Å². The van der Waals surface area contributed by atoms with E-state index >= 15 is 0 Å². The van der Waals surface area contributed by atoms with Crippen LogP contribution >= 0.6 is 27.3 Å². The third-order valence-corrected chi connectivity index (χ3v) is 3.32. The Balaban J connectivity index is 2.92. The number of halogens is 1. The van der Waals surface area contributed by atoms with Crippen LogP contribution in [0.3, 0.4) is 0 Å². The average molecular weight is 221 g/mol. The van der Waals surface area contributed by atoms with Crippen molar-refractivity contribution in [2.75, 3.05) is 0 Å². The minimum Gasteiger partial charge on any atom is -0.326 e. The van der Waals surface area contributed by atoms with Crippen molar-refractivity contribution in [2.45, 2.75) is 19.9 Å². The Bertz CT molecular complexity index is 222. The lowest BCUT2D eigenvalue weighted by Crippen LogP contribution is -1.92. The van der Waals surface area contributed by atoms with Gasteiger partial charge in [-0.05, 0) is 22.4 Å². The third kappa shape index (κ3) is 1.56. The van der Waals surface area contributed by atoms with Gasteiger partial charge in [-0.15, -0.1) is 11.3 Å². The largest absolute Gasteiger partial charge is 0.326 e. The van der Waals surface area contributed by atoms with Gasteiger partial charge in [0.25, 0.3) is 0 Å². The van der Waals surface area contributed by atoms with Crippen LogP contribution in [0.15, 0.2) is 4.60 Å². The van der Waals surface area contributed by atoms with Crippen LogP contribution in [0, 0.1) is 0 Å². The maximum atomic E-state index is 5.46. The summed E-state index contributed by atoms with van der Waals surface area (Å²) in [7, 11) is 0. The first-order chi connectivity index (χ1) is 4.77. The molecule has 2 N–H and O–H groups in total. The van der Waals surface area contributed by atoms with Crippen LogP contribution in [0.1, 0.15) is 16.8 Å². The Labute approximate surface area is 72.6 Å². The molecule has 1 rings (SSSR count). The fourth-order valence-corrected chi connectivity index (χ4v) is 2.17. The van der Waals surface area contributed by atoms with Crippen molar-refractivity contribution in [3.63, 3.8) is 0 Å². The van der Waals surface area contributed by atoms with E-state index in [4.69, 9.17) is 5.73 Å². The van der Waals surface area contributed by atoms with Gasteiger partial charge in [-0.1, -0.05) is 6.92 Å². The number of rotatable bonds is 2. The van der Waals surface area contributed by atoms with Gasteiger partial charge in [0, 0.05) is 6.54 Å². The molecule has 10 heavy (non-hydrogen) atoms. The zero-order valence-corrected chi connectivity index (χ0v) is 8.13. The van der Waals surface area contributed by atoms with Crippen molar-refractivity contribution < 1.29 is 0 Å². The zero-order valence-electron chi connectivity index (χ0n) is 5.72. The van der Waals surface area contributed by atoms with Gasteiger partial charge < -0.3 is 5.73 Å². The minimum atomic E-state index is 0.582. The molecule has 0 spiro atoms. The molecule has 56 valence electrons. The lowest BCUT2D eigenvalue weighted by atomic mass is 10.5. The molecule has 0 bridgehead atoms. The van der Waals surface area contributed by atoms with Gasteiger partial charge in [-0.2, -0.15) is 0 Å². The quantitative estimate of drug-likeness (QED) is 0.828. The van der Waals surface area contributed by atoms with E-state index in [9.17, 15) is 0 Å². The summed E-state index contributed by atoms with van der Waals surface area (Å²) in [6.45, 7) is 2.67. The Morgan fingerprint density at radius 1 is 1.70 bits per heavy atom. The summed E-state index contributed by atoms with van der Waals surface area (Å²) in [6, 6.07) is 0. The van der Waals surface area contributed by atoms with Gasteiger partial charge in [-0.3, -0.25) is 0 Å². The Kier molecular flexibility index (Phi) is 2.82. The average Bonchev–Trinajstić information content (AvgIpc) is 2.30. The summed E-state index contributed by atoms with van der Waals surface area (Å²) in [5.41, 5.74) is 5.46. The van der Waals surface area contributed by atoms with Crippen LogP contribution < -0.4 is 5.73 Å². The maximum absolute atomic E-state index is 5.46. The summed E-state index contributed by atoms with van der Waals surface area (Å²) in [4.78, 5) is 5.39. The molecular weight excluding hydrogens is 212 g/mol. The van der Waals surface area contributed by atoms with Crippen molar-refractivity contribution >= 4 is 27.3 Å². The van der Waals surface area contributed by atoms with Gasteiger partial charge >= 0.3 is 0 Å². The molecule has 0 aliphatic rings. The van der Waals surface area contributed by atoms with Crippen LogP contribution in [-0.4, -0.2) is 4.98 Å². The zero-order chi connectivity index (χ0) is 7.56. The lowest BCUT2D eigenvalue weighted by Gasteiger charge is -1.84. The molecule has 0 aromatic carbocycles. The number of nitrogens with zero attached hydrogens (tertiary/aromatic N) is 1. The first kappa shape index (κ1) is 8.17. The number of hydrogen-bond donors (Lipinski definition) is 1. The van der Waals surface area contributed by atoms with E-state index in [2.05, 4.69) is 27.8 Å². The smallest absolute Gasteiger partial charge is 0.121 e. The highest BCUT2D eigenvalue weighted by molar-refractivity contribution is 9.10. The monoisotopic (exact) mass is 220 g/mol. The fraction of sp³-hybridized carbons (Fsp3) is 0.500. The first-order valence-corrected chi connectivity index (χ1v) is 4.73. The SMILES string of the molecule is CCc1nc(Br)c(CN)s1. The van der Waals surface area contributed by atoms with E-state index in [0.717, 1.165) is 20.9 Å². The van der Waals surface area contributed by atoms with Gasteiger partial charge in [0.05, 0.1) is 9.88 Å². The Hall–Kier alpha value is 0.0700. The second kappa shape index (κ2) is 3.46. The third-order valence-electron chi connectivity index (χ3n) is 1.18. The molecule has 1 aromatic rings. The van der Waals surface area contributed by atoms with E-state index < -0.39 is 0 Å². The van der Waals surface area contributed by atoms with E-state index in [1.165, 1.54) is 0 Å². The number of aryl methyl sites for hydroxylation is 1. The number of thiazole rings is 1. The van der Waals surface area contributed by atoms with E-state index in [-0.39, 0.29) is 0 Å². The second-order valence-corrected chi connectivity index (χ2v) is 3.80. The summed E-state index contributed by atoms with van der Waals surface area (Å²) in [5.74, 6) is 0. The van der Waals surface area contributed by atoms with Crippen LogP contribution in [0.5, 0.6) is 0 Å². The molecule has 0 radical (unpaired) electrons. The predicted octanol–water partition coefficient (Wildman–Crippen LogP) is 1.93. The van der Waals surface area contributed by atoms with Crippen LogP contribution in [-0.2, 0) is 13.0 Å². The van der Waals surface area contributed by atoms with Crippen molar-refractivity contribution in [1.82, 2.24) is 4.98 Å². The maximum Gasteiger partial charge on any atom is 0.121 e. The number of nitrogens with two attached hydrogens (primary N) is 1. The molecule has 1 heterocycles. The fourth-order valence-electron chi connectivity index (χ4n) is 0.656. The van der Waals surface area contributed by atoms with Crippen LogP contribution in [0.2, 0.25) is 0 Å². The molecule has 0 aliphatic heterocycles. The van der Waals surface area contributed by atoms with Crippen molar-refractivity contribution in [3.8, 4) is 0 Å². The van der Waals surface area contributed by atoms with Crippen molar-refractivity contribution in [2.24, 2.45) is 5.73 Å². The topological polar surface area (TPSA) is 38.9 Å². The molecule has 0 saturated heterocycles. The predicted molar refractivity (Wildman–Crippen MR) is 47.1 cm³/mol. The number of aromatic nitrogens is 1. The Morgan fingerprint density at radius 3 is 2.70 bits per heavy atom. The molecular formula is C6H9BrN2S.